The molecule has 8 rings (SSSR count). The SMILES string of the molecule is CCNCCCC[C@@H]1NC(=O)[C@H](Cc2c[nH]c3c(C)cccc23)NC(=O)[C@H]([C@@H](C)O)NC(=O)[C@H](CC(N)=O)NC(=O)[C@@H](NC(C)=O)C(C)(C)SSC(C)(C)[C@@H](C(=O)N[C@@H](Cc2ccc(OC)cc2)C(=O)N[C@@H](Cc2ccc3ccccc3c2)C(=O)NC2(C(=O)C[C@@H](CC(C)C)C(=O)N[C@@H](CC(N)=O)C(=O)N[C@@H](Cc3cccnc3)C(=O)N(C)CC(C)=O)CCOCC2)NC1=O. The van der Waals surface area contributed by atoms with Crippen LogP contribution in [0.5, 0.6) is 5.75 Å². The van der Waals surface area contributed by atoms with Crippen molar-refractivity contribution in [3.05, 3.63) is 143 Å². The third-order valence-corrected chi connectivity index (χ3v) is 27.0. The van der Waals surface area contributed by atoms with E-state index < -0.39 is 195 Å². The van der Waals surface area contributed by atoms with Crippen LogP contribution < -0.4 is 80.0 Å². The van der Waals surface area contributed by atoms with Crippen LogP contribution in [0.4, 0.5) is 0 Å². The summed E-state index contributed by atoms with van der Waals surface area (Å²) in [7, 11) is 4.73. The fraction of sp³-hybridized carbons (Fsp3) is 0.511. The minimum atomic E-state index is -1.89. The lowest BCUT2D eigenvalue weighted by Gasteiger charge is -2.39. The highest BCUT2D eigenvalue weighted by atomic mass is 33.1. The molecule has 2 aliphatic rings. The number of ketones is 2. The van der Waals surface area contributed by atoms with E-state index in [1.165, 1.54) is 40.4 Å². The number of aromatic nitrogens is 2. The van der Waals surface area contributed by atoms with Gasteiger partial charge in [-0.3, -0.25) is 81.7 Å². The zero-order valence-electron chi connectivity index (χ0n) is 75.9. The first-order valence-electron chi connectivity index (χ1n) is 43.6. The van der Waals surface area contributed by atoms with E-state index in [1.54, 1.807) is 102 Å². The number of ether oxygens (including phenoxy) is 2. The number of nitrogens with two attached hydrogens (primary N) is 2. The van der Waals surface area contributed by atoms with Crippen molar-refractivity contribution in [1.29, 1.82) is 0 Å². The molecule has 2 aromatic heterocycles. The number of methoxy groups -OCH3 is 1. The molecule has 4 heterocycles. The average Bonchev–Trinajstić information content (AvgIpc) is 1.24. The maximum Gasteiger partial charge on any atom is 0.245 e. The molecule has 0 spiro atoms. The van der Waals surface area contributed by atoms with E-state index in [4.69, 9.17) is 20.9 Å². The number of benzene rings is 4. The second kappa shape index (κ2) is 48.1. The number of aryl methyl sites for hydroxylation is 1. The number of likely N-dealkylation sites (N-methyl/N-ethyl adjacent to an activating group) is 1. The van der Waals surface area contributed by atoms with Gasteiger partial charge >= 0.3 is 0 Å². The Bertz CT molecular complexity index is 5040. The lowest BCUT2D eigenvalue weighted by molar-refractivity contribution is -0.141. The Balaban J connectivity index is 1.20. The number of carbonyl (C=O) groups excluding carboxylic acids is 16. The quantitative estimate of drug-likeness (QED) is 0.0194. The van der Waals surface area contributed by atoms with Crippen molar-refractivity contribution in [2.75, 3.05) is 47.0 Å². The van der Waals surface area contributed by atoms with E-state index >= 15 is 28.8 Å². The molecule has 0 aliphatic carbocycles. The van der Waals surface area contributed by atoms with Crippen LogP contribution in [0.3, 0.4) is 0 Å². The van der Waals surface area contributed by atoms with E-state index in [-0.39, 0.29) is 89.2 Å². The van der Waals surface area contributed by atoms with Gasteiger partial charge in [0.2, 0.25) is 82.7 Å². The second-order valence-corrected chi connectivity index (χ2v) is 38.3. The third-order valence-electron chi connectivity index (χ3n) is 22.7. The number of fused-ring (bicyclic) bond motifs is 2. The molecule has 0 unspecified atom stereocenters. The third kappa shape index (κ3) is 30.1. The van der Waals surface area contributed by atoms with Crippen molar-refractivity contribution in [1.82, 2.24) is 78.7 Å². The summed E-state index contributed by atoms with van der Waals surface area (Å²) in [6.07, 6.45) is 0.205. The van der Waals surface area contributed by atoms with E-state index in [1.807, 2.05) is 56.3 Å². The first-order chi connectivity index (χ1) is 61.5. The lowest BCUT2D eigenvalue weighted by atomic mass is 9.79. The van der Waals surface area contributed by atoms with Gasteiger partial charge in [0, 0.05) is 117 Å². The zero-order chi connectivity index (χ0) is 95.5. The van der Waals surface area contributed by atoms with Crippen molar-refractivity contribution in [3.8, 4) is 5.75 Å². The maximum atomic E-state index is 16.3. The molecule has 18 N–H and O–H groups in total. The molecule has 2 saturated heterocycles. The van der Waals surface area contributed by atoms with E-state index in [2.05, 4.69) is 73.8 Å². The number of unbranched alkanes of at least 4 members (excludes halogenated alkanes) is 1. The Kier molecular flexibility index (Phi) is 38.3. The van der Waals surface area contributed by atoms with Gasteiger partial charge < -0.3 is 99.7 Å². The highest BCUT2D eigenvalue weighted by Gasteiger charge is 2.49. The van der Waals surface area contributed by atoms with Crippen LogP contribution >= 0.6 is 21.6 Å². The molecular weight excluding hydrogens is 1710 g/mol. The summed E-state index contributed by atoms with van der Waals surface area (Å²) >= 11 is 0. The molecule has 2 fully saturated rings. The molecule has 2 aliphatic heterocycles. The largest absolute Gasteiger partial charge is 0.497 e. The van der Waals surface area contributed by atoms with Crippen molar-refractivity contribution in [2.45, 2.75) is 241 Å². The van der Waals surface area contributed by atoms with Crippen molar-refractivity contribution in [3.63, 3.8) is 0 Å². The minimum Gasteiger partial charge on any atom is -0.497 e. The number of carbonyl (C=O) groups is 16. The lowest BCUT2D eigenvalue weighted by Crippen LogP contribution is -2.65. The van der Waals surface area contributed by atoms with Crippen LogP contribution in [0.2, 0.25) is 0 Å². The summed E-state index contributed by atoms with van der Waals surface area (Å²) in [5.74, 6) is -15.5. The molecule has 0 radical (unpaired) electrons. The van der Waals surface area contributed by atoms with Crippen LogP contribution in [0.1, 0.15) is 155 Å². The summed E-state index contributed by atoms with van der Waals surface area (Å²) < 4.78 is 8.23. The number of aliphatic hydroxyl groups excluding tert-OH is 1. The molecule has 0 bridgehead atoms. The van der Waals surface area contributed by atoms with Crippen LogP contribution in [-0.2, 0) is 107 Å². The molecule has 4 aromatic carbocycles. The number of pyridine rings is 1. The zero-order valence-corrected chi connectivity index (χ0v) is 77.5. The number of aliphatic hydroxyl groups is 1. The van der Waals surface area contributed by atoms with Gasteiger partial charge in [-0.25, -0.2) is 0 Å². The second-order valence-electron chi connectivity index (χ2n) is 34.8. The van der Waals surface area contributed by atoms with Crippen molar-refractivity contribution in [2.24, 2.45) is 23.3 Å². The average molecular weight is 1840 g/mol. The van der Waals surface area contributed by atoms with Gasteiger partial charge in [0.25, 0.3) is 0 Å². The van der Waals surface area contributed by atoms with Gasteiger partial charge in [-0.05, 0) is 150 Å². The summed E-state index contributed by atoms with van der Waals surface area (Å²) in [6.45, 7) is 17.9. The number of primary amides is 2. The minimum absolute atomic E-state index is 0.0241. The Hall–Kier alpha value is -11.9. The first kappa shape index (κ1) is 104. The van der Waals surface area contributed by atoms with E-state index in [9.17, 15) is 53.1 Å². The number of amides is 14. The number of hydrogen-bond donors (Lipinski definition) is 16. The highest BCUT2D eigenvalue weighted by molar-refractivity contribution is 8.77. The molecule has 0 saturated carbocycles. The molecule has 704 valence electrons. The number of aromatic amines is 1. The Morgan fingerprint density at radius 3 is 1.90 bits per heavy atom. The number of hydrogen-bond acceptors (Lipinski definition) is 23. The topological polar surface area (TPSA) is 540 Å². The first-order valence-corrected chi connectivity index (χ1v) is 45.7. The van der Waals surface area contributed by atoms with Gasteiger partial charge in [0.1, 0.15) is 77.5 Å². The van der Waals surface area contributed by atoms with E-state index in [0.29, 0.717) is 58.4 Å². The molecule has 6 aromatic rings. The van der Waals surface area contributed by atoms with Gasteiger partial charge in [-0.15, -0.1) is 0 Å². The number of nitrogens with zero attached hydrogens (tertiary/aromatic N) is 2. The number of para-hydroxylation sites is 1. The molecular formula is C92H125N17O19S2. The van der Waals surface area contributed by atoms with Gasteiger partial charge in [-0.2, -0.15) is 0 Å². The smallest absolute Gasteiger partial charge is 0.245 e. The fourth-order valence-electron chi connectivity index (χ4n) is 15.7. The standard InChI is InChI=1S/C92H125N17O19S2/c1-14-95-35-18-17-26-65-80(117)107-78(91(10,11)130-129-90(8,9)77(98-55(7)112)87(124)104-70(47-74(94)115)84(121)106-76(54(6)111)86(123)102-68(82(119)99-65)44-62-49-97-75-52(4)21-19-25-64(62)75)88(125)103-66(41-56-28-31-63(127-13)32-29-56)81(118)101-67(42-57-27-30-59-23-15-16-24-60(59)40-57)85(122)108-92(33-37-128-38-34-92)72(113)45-61(39-51(2)3)79(116)100-69(46-73(93)114)83(120)105-71(43-58-22-20-36-96-48-58)89(126)109(12)50-53(5)110/h15-16,19-25,27-32,36,40,48-49,51,54,61,65-71,76-78,95,97,111H,14,17-18,26,33-35,37-39,41-47,50H2,1-13H3,(H2,93,114)(H2,94,115)(H,98,112)(H,99,119)(H,100,116)(H,101,118)(H,102,123)(H,103,125)(H,104,124)(H,105,120)(H,106,121)(H,107,117)(H,108,122)/t54-,61-,65+,66+,67+,68+,69+,70+,71+,76+,77-,78-/m1/s1. The van der Waals surface area contributed by atoms with Gasteiger partial charge in [0.05, 0.1) is 32.6 Å². The molecule has 14 amide bonds. The molecule has 36 nitrogen and oxygen atoms in total. The summed E-state index contributed by atoms with van der Waals surface area (Å²) in [4.78, 5) is 243. The summed E-state index contributed by atoms with van der Waals surface area (Å²) in [5, 5.41) is 46.9. The Morgan fingerprint density at radius 2 is 1.26 bits per heavy atom. The molecule has 130 heavy (non-hydrogen) atoms. The summed E-state index contributed by atoms with van der Waals surface area (Å²) in [6, 6.07) is 11.5. The number of Topliss-reactive ketones (excluding diaryl/α,β-unsaturated/α-hetero) is 2. The van der Waals surface area contributed by atoms with Crippen LogP contribution in [-0.4, -0.2) is 243 Å². The highest BCUT2D eigenvalue weighted by Crippen LogP contribution is 2.47. The van der Waals surface area contributed by atoms with Crippen LogP contribution in [0.15, 0.2) is 116 Å². The number of rotatable bonds is 39. The van der Waals surface area contributed by atoms with Crippen LogP contribution in [0.25, 0.3) is 21.7 Å². The predicted molar refractivity (Wildman–Crippen MR) is 491 cm³/mol. The predicted octanol–water partition coefficient (Wildman–Crippen LogP) is 2.37. The van der Waals surface area contributed by atoms with Crippen molar-refractivity contribution >= 4 is 138 Å². The maximum absolute atomic E-state index is 16.3. The Morgan fingerprint density at radius 1 is 0.646 bits per heavy atom. The van der Waals surface area contributed by atoms with Crippen molar-refractivity contribution < 1.29 is 91.3 Å². The molecule has 12 atom stereocenters. The normalized spacial score (nSPS) is 19.9. The van der Waals surface area contributed by atoms with E-state index in [0.717, 1.165) is 49.7 Å². The Labute approximate surface area is 764 Å². The van der Waals surface area contributed by atoms with Gasteiger partial charge in [0.15, 0.2) is 5.78 Å². The summed E-state index contributed by atoms with van der Waals surface area (Å²) in [5.41, 5.74) is 13.1. The molecule has 38 heteroatoms. The fourth-order valence-corrected chi connectivity index (χ4v) is 18.5. The monoisotopic (exact) mass is 1840 g/mol. The van der Waals surface area contributed by atoms with Crippen LogP contribution in [0, 0.1) is 18.8 Å². The number of H-pyrrole nitrogens is 1. The number of nitrogens with one attached hydrogen (secondary N) is 13. The van der Waals surface area contributed by atoms with Gasteiger partial charge in [-0.1, -0.05) is 121 Å².